The standard InChI is InChI=1S/C47H73O8P/c1-3-5-7-9-11-13-15-17-19-21-23-25-27-29-31-33-35-37-39-41-46(48)53-43-45(44-54-56(50,51)52)55-47(49)42-40-38-36-34-32-30-28-26-24-22-20-18-16-14-12-10-8-6-4-2/h11-14,17-20,23-26,29-32,35-38,45H,3-10,15-16,21-22,27-28,33-34,39-44H2,1-2H3,(H2,50,51,52)/b13-11+,14-12+,19-17+,20-18+,25-23+,26-24+,31-29+,32-30+,37-35+,38-36+/t45-/m1/s1. The minimum Gasteiger partial charge on any atom is -0.462 e. The van der Waals surface area contributed by atoms with Gasteiger partial charge in [-0.3, -0.25) is 14.1 Å². The number of hydrogen-bond donors (Lipinski definition) is 2. The SMILES string of the molecule is CCCCC/C=C/C/C=C/C/C=C/C/C=C/C/C=C/CCC(=O)OC[C@H](COP(=O)(O)O)OC(=O)CC/C=C/C/C=C/C/C=C/C/C=C/C/C=C/CCCCC. The van der Waals surface area contributed by atoms with Gasteiger partial charge in [-0.1, -0.05) is 161 Å². The van der Waals surface area contributed by atoms with Gasteiger partial charge in [-0.15, -0.1) is 0 Å². The highest BCUT2D eigenvalue weighted by Gasteiger charge is 2.22. The highest BCUT2D eigenvalue weighted by Crippen LogP contribution is 2.35. The average Bonchev–Trinajstić information content (AvgIpc) is 3.17. The third-order valence-electron chi connectivity index (χ3n) is 7.98. The molecular formula is C47H73O8P. The molecule has 1 atom stereocenters. The second-order valence-corrected chi connectivity index (χ2v) is 14.5. The first-order valence-electron chi connectivity index (χ1n) is 20.8. The van der Waals surface area contributed by atoms with Gasteiger partial charge in [-0.2, -0.15) is 0 Å². The molecule has 0 spiro atoms. The zero-order chi connectivity index (χ0) is 41.1. The van der Waals surface area contributed by atoms with Gasteiger partial charge in [0.1, 0.15) is 6.61 Å². The van der Waals surface area contributed by atoms with E-state index in [9.17, 15) is 14.2 Å². The Morgan fingerprint density at radius 3 is 1.12 bits per heavy atom. The van der Waals surface area contributed by atoms with Crippen LogP contribution in [0.3, 0.4) is 0 Å². The molecule has 0 amide bonds. The van der Waals surface area contributed by atoms with Crippen LogP contribution in [-0.4, -0.2) is 41.0 Å². The van der Waals surface area contributed by atoms with E-state index in [2.05, 4.69) is 116 Å². The Bertz CT molecular complexity index is 1310. The summed E-state index contributed by atoms with van der Waals surface area (Å²) in [6.07, 6.45) is 59.4. The summed E-state index contributed by atoms with van der Waals surface area (Å²) in [6, 6.07) is 0. The van der Waals surface area contributed by atoms with Crippen molar-refractivity contribution in [2.45, 2.75) is 148 Å². The molecule has 0 aliphatic rings. The van der Waals surface area contributed by atoms with Crippen molar-refractivity contribution in [1.82, 2.24) is 0 Å². The van der Waals surface area contributed by atoms with E-state index >= 15 is 0 Å². The van der Waals surface area contributed by atoms with Gasteiger partial charge in [0.05, 0.1) is 6.61 Å². The number of allylic oxidation sites excluding steroid dienone is 20. The Morgan fingerprint density at radius 2 is 0.786 bits per heavy atom. The van der Waals surface area contributed by atoms with Crippen LogP contribution in [0.1, 0.15) is 142 Å². The van der Waals surface area contributed by atoms with Crippen molar-refractivity contribution in [3.05, 3.63) is 122 Å². The molecule has 56 heavy (non-hydrogen) atoms. The van der Waals surface area contributed by atoms with E-state index in [0.29, 0.717) is 12.8 Å². The molecular weight excluding hydrogens is 723 g/mol. The Balaban J connectivity index is 4.21. The Morgan fingerprint density at radius 1 is 0.464 bits per heavy atom. The fourth-order valence-corrected chi connectivity index (χ4v) is 5.23. The molecule has 0 aliphatic heterocycles. The predicted octanol–water partition coefficient (Wildman–Crippen LogP) is 13.0. The predicted molar refractivity (Wildman–Crippen MR) is 234 cm³/mol. The van der Waals surface area contributed by atoms with Crippen LogP contribution in [-0.2, 0) is 28.2 Å². The van der Waals surface area contributed by atoms with Crippen molar-refractivity contribution in [2.75, 3.05) is 13.2 Å². The van der Waals surface area contributed by atoms with Crippen molar-refractivity contribution in [2.24, 2.45) is 0 Å². The third kappa shape index (κ3) is 43.2. The lowest BCUT2D eigenvalue weighted by atomic mass is 10.2. The zero-order valence-electron chi connectivity index (χ0n) is 34.5. The van der Waals surface area contributed by atoms with Crippen molar-refractivity contribution in [3.8, 4) is 0 Å². The number of carbonyl (C=O) groups is 2. The topological polar surface area (TPSA) is 119 Å². The molecule has 314 valence electrons. The van der Waals surface area contributed by atoms with E-state index in [1.54, 1.807) is 0 Å². The first-order chi connectivity index (χ1) is 27.3. The summed E-state index contributed by atoms with van der Waals surface area (Å²) in [7, 11) is -4.80. The summed E-state index contributed by atoms with van der Waals surface area (Å²) >= 11 is 0. The molecule has 0 heterocycles. The molecule has 2 N–H and O–H groups in total. The van der Waals surface area contributed by atoms with E-state index in [0.717, 1.165) is 51.4 Å². The molecule has 0 aromatic heterocycles. The lowest BCUT2D eigenvalue weighted by molar-refractivity contribution is -0.161. The average molecular weight is 797 g/mol. The van der Waals surface area contributed by atoms with Crippen LogP contribution in [0.2, 0.25) is 0 Å². The molecule has 8 nitrogen and oxygen atoms in total. The van der Waals surface area contributed by atoms with Crippen LogP contribution < -0.4 is 0 Å². The van der Waals surface area contributed by atoms with Gasteiger partial charge in [0.25, 0.3) is 0 Å². The summed E-state index contributed by atoms with van der Waals surface area (Å²) < 4.78 is 26.2. The number of esters is 2. The Labute approximate surface area is 339 Å². The smallest absolute Gasteiger partial charge is 0.462 e. The van der Waals surface area contributed by atoms with Crippen LogP contribution in [0.4, 0.5) is 0 Å². The molecule has 0 fully saturated rings. The number of phosphoric ester groups is 1. The number of phosphoric acid groups is 1. The van der Waals surface area contributed by atoms with Crippen LogP contribution in [0.15, 0.2) is 122 Å². The maximum atomic E-state index is 12.4. The lowest BCUT2D eigenvalue weighted by Crippen LogP contribution is -2.29. The van der Waals surface area contributed by atoms with Gasteiger partial charge in [0.2, 0.25) is 0 Å². The maximum Gasteiger partial charge on any atom is 0.469 e. The summed E-state index contributed by atoms with van der Waals surface area (Å²) in [5.41, 5.74) is 0. The van der Waals surface area contributed by atoms with Gasteiger partial charge in [0, 0.05) is 12.8 Å². The van der Waals surface area contributed by atoms with Crippen molar-refractivity contribution in [1.29, 1.82) is 0 Å². The molecule has 9 heteroatoms. The first-order valence-corrected chi connectivity index (χ1v) is 22.4. The molecule has 0 aromatic rings. The number of carbonyl (C=O) groups excluding carboxylic acids is 2. The van der Waals surface area contributed by atoms with E-state index in [1.165, 1.54) is 51.4 Å². The number of rotatable bonds is 36. The highest BCUT2D eigenvalue weighted by molar-refractivity contribution is 7.46. The van der Waals surface area contributed by atoms with E-state index in [-0.39, 0.29) is 19.4 Å². The summed E-state index contributed by atoms with van der Waals surface area (Å²) in [4.78, 5) is 42.8. The van der Waals surface area contributed by atoms with Crippen LogP contribution in [0.25, 0.3) is 0 Å². The highest BCUT2D eigenvalue weighted by atomic mass is 31.2. The van der Waals surface area contributed by atoms with Crippen molar-refractivity contribution in [3.63, 3.8) is 0 Å². The molecule has 0 saturated heterocycles. The first kappa shape index (κ1) is 52.5. The second-order valence-electron chi connectivity index (χ2n) is 13.2. The van der Waals surface area contributed by atoms with Gasteiger partial charge in [0.15, 0.2) is 6.10 Å². The van der Waals surface area contributed by atoms with Gasteiger partial charge < -0.3 is 19.3 Å². The van der Waals surface area contributed by atoms with Gasteiger partial charge >= 0.3 is 19.8 Å². The van der Waals surface area contributed by atoms with Crippen LogP contribution >= 0.6 is 7.82 Å². The van der Waals surface area contributed by atoms with Gasteiger partial charge in [-0.25, -0.2) is 4.57 Å². The molecule has 0 bridgehead atoms. The molecule has 0 aliphatic carbocycles. The van der Waals surface area contributed by atoms with Crippen molar-refractivity contribution < 1.29 is 37.9 Å². The Hall–Kier alpha value is -3.55. The van der Waals surface area contributed by atoms with E-state index in [4.69, 9.17) is 19.3 Å². The van der Waals surface area contributed by atoms with Crippen LogP contribution in [0, 0.1) is 0 Å². The van der Waals surface area contributed by atoms with E-state index in [1.807, 2.05) is 24.3 Å². The number of ether oxygens (including phenoxy) is 2. The normalized spacial score (nSPS) is 13.7. The summed E-state index contributed by atoms with van der Waals surface area (Å²) in [5, 5.41) is 0. The Kier molecular flexibility index (Phi) is 38.5. The number of hydrogen-bond acceptors (Lipinski definition) is 6. The second kappa shape index (κ2) is 41.1. The summed E-state index contributed by atoms with van der Waals surface area (Å²) in [6.45, 7) is 3.48. The molecule has 0 aromatic carbocycles. The van der Waals surface area contributed by atoms with Gasteiger partial charge in [-0.05, 0) is 89.9 Å². The van der Waals surface area contributed by atoms with Crippen LogP contribution in [0.5, 0.6) is 0 Å². The minimum atomic E-state index is -4.80. The monoisotopic (exact) mass is 797 g/mol. The summed E-state index contributed by atoms with van der Waals surface area (Å²) in [5.74, 6) is -1.09. The quantitative estimate of drug-likeness (QED) is 0.0278. The zero-order valence-corrected chi connectivity index (χ0v) is 35.4. The molecule has 0 radical (unpaired) electrons. The lowest BCUT2D eigenvalue weighted by Gasteiger charge is -2.18. The fraction of sp³-hybridized carbons (Fsp3) is 0.532. The molecule has 0 unspecified atom stereocenters. The maximum absolute atomic E-state index is 12.4. The molecule has 0 rings (SSSR count). The molecule has 0 saturated carbocycles. The van der Waals surface area contributed by atoms with E-state index < -0.39 is 32.5 Å². The third-order valence-corrected chi connectivity index (χ3v) is 8.47. The largest absolute Gasteiger partial charge is 0.469 e. The minimum absolute atomic E-state index is 0.0652. The number of unbranched alkanes of at least 4 members (excludes halogenated alkanes) is 6. The fourth-order valence-electron chi connectivity index (χ4n) is 4.87. The van der Waals surface area contributed by atoms with Crippen molar-refractivity contribution >= 4 is 19.8 Å².